The zero-order chi connectivity index (χ0) is 18.3. The molecule has 1 amide bonds. The first kappa shape index (κ1) is 19.1. The molecule has 2 heterocycles. The SMILES string of the molecule is CN=C(NCCCn1ccnc1)N1CCC(NC(=O)OC(C)(C)C)C1. The van der Waals surface area contributed by atoms with Crippen LogP contribution in [0.25, 0.3) is 0 Å². The summed E-state index contributed by atoms with van der Waals surface area (Å²) in [4.78, 5) is 22.4. The second-order valence-electron chi connectivity index (χ2n) is 7.21. The highest BCUT2D eigenvalue weighted by atomic mass is 16.6. The van der Waals surface area contributed by atoms with Gasteiger partial charge in [-0.1, -0.05) is 0 Å². The van der Waals surface area contributed by atoms with Crippen LogP contribution >= 0.6 is 0 Å². The molecule has 1 atom stereocenters. The number of hydrogen-bond donors (Lipinski definition) is 2. The molecule has 1 saturated heterocycles. The molecule has 0 aliphatic carbocycles. The third-order valence-electron chi connectivity index (χ3n) is 3.86. The van der Waals surface area contributed by atoms with Gasteiger partial charge in [-0.3, -0.25) is 4.99 Å². The number of rotatable bonds is 5. The predicted octanol–water partition coefficient (Wildman–Crippen LogP) is 1.45. The second kappa shape index (κ2) is 8.73. The lowest BCUT2D eigenvalue weighted by Crippen LogP contribution is -2.44. The molecule has 1 fully saturated rings. The molecule has 25 heavy (non-hydrogen) atoms. The van der Waals surface area contributed by atoms with Crippen LogP contribution in [0.5, 0.6) is 0 Å². The highest BCUT2D eigenvalue weighted by molar-refractivity contribution is 5.80. The zero-order valence-corrected chi connectivity index (χ0v) is 15.7. The first-order valence-electron chi connectivity index (χ1n) is 8.78. The topological polar surface area (TPSA) is 83.8 Å². The number of hydrogen-bond acceptors (Lipinski definition) is 4. The molecule has 8 nitrogen and oxygen atoms in total. The van der Waals surface area contributed by atoms with E-state index in [1.54, 1.807) is 13.2 Å². The molecule has 140 valence electrons. The number of nitrogens with one attached hydrogen (secondary N) is 2. The molecule has 0 spiro atoms. The number of aliphatic imine (C=N–C) groups is 1. The van der Waals surface area contributed by atoms with Crippen LogP contribution in [0.2, 0.25) is 0 Å². The summed E-state index contributed by atoms with van der Waals surface area (Å²) in [5, 5.41) is 6.32. The third-order valence-corrected chi connectivity index (χ3v) is 3.86. The molecule has 1 aliphatic rings. The molecule has 1 unspecified atom stereocenters. The number of amides is 1. The van der Waals surface area contributed by atoms with Crippen molar-refractivity contribution < 1.29 is 9.53 Å². The van der Waals surface area contributed by atoms with E-state index < -0.39 is 5.60 Å². The number of carbonyl (C=O) groups excluding carboxylic acids is 1. The number of alkyl carbamates (subject to hydrolysis) is 1. The Kier molecular flexibility index (Phi) is 6.66. The predicted molar refractivity (Wildman–Crippen MR) is 97.6 cm³/mol. The van der Waals surface area contributed by atoms with Crippen molar-refractivity contribution in [3.63, 3.8) is 0 Å². The standard InChI is InChI=1S/C17H30N6O2/c1-17(2,3)25-16(24)21-14-6-10-23(12-14)15(18-4)20-7-5-9-22-11-8-19-13-22/h8,11,13-14H,5-7,9-10,12H2,1-4H3,(H,18,20)(H,21,24). The van der Waals surface area contributed by atoms with Crippen molar-refractivity contribution in [2.45, 2.75) is 51.8 Å². The Morgan fingerprint density at radius 3 is 2.88 bits per heavy atom. The van der Waals surface area contributed by atoms with Gasteiger partial charge in [-0.2, -0.15) is 0 Å². The Bertz CT molecular complexity index is 564. The number of imidazole rings is 1. The van der Waals surface area contributed by atoms with Crippen molar-refractivity contribution in [3.05, 3.63) is 18.7 Å². The van der Waals surface area contributed by atoms with Crippen LogP contribution in [0.15, 0.2) is 23.7 Å². The minimum Gasteiger partial charge on any atom is -0.444 e. The van der Waals surface area contributed by atoms with Gasteiger partial charge in [0.1, 0.15) is 5.60 Å². The summed E-state index contributed by atoms with van der Waals surface area (Å²) >= 11 is 0. The highest BCUT2D eigenvalue weighted by Crippen LogP contribution is 2.12. The Labute approximate surface area is 149 Å². The van der Waals surface area contributed by atoms with E-state index in [2.05, 4.69) is 30.1 Å². The van der Waals surface area contributed by atoms with Crippen LogP contribution in [0.3, 0.4) is 0 Å². The van der Waals surface area contributed by atoms with Gasteiger partial charge in [-0.25, -0.2) is 9.78 Å². The lowest BCUT2D eigenvalue weighted by atomic mass is 10.2. The number of aromatic nitrogens is 2. The van der Waals surface area contributed by atoms with E-state index in [0.29, 0.717) is 0 Å². The number of aryl methyl sites for hydroxylation is 1. The molecule has 2 N–H and O–H groups in total. The fourth-order valence-electron chi connectivity index (χ4n) is 2.76. The van der Waals surface area contributed by atoms with Crippen molar-refractivity contribution in [1.82, 2.24) is 25.1 Å². The second-order valence-corrected chi connectivity index (χ2v) is 7.21. The normalized spacial score (nSPS) is 18.3. The molecule has 0 aromatic carbocycles. The van der Waals surface area contributed by atoms with E-state index in [0.717, 1.165) is 45.0 Å². The summed E-state index contributed by atoms with van der Waals surface area (Å²) in [7, 11) is 1.78. The Morgan fingerprint density at radius 1 is 1.44 bits per heavy atom. The molecule has 0 saturated carbocycles. The van der Waals surface area contributed by atoms with Crippen molar-refractivity contribution in [3.8, 4) is 0 Å². The minimum absolute atomic E-state index is 0.0827. The summed E-state index contributed by atoms with van der Waals surface area (Å²) in [6, 6.07) is 0.0827. The van der Waals surface area contributed by atoms with Crippen LogP contribution in [0, 0.1) is 0 Å². The van der Waals surface area contributed by atoms with Crippen molar-refractivity contribution in [1.29, 1.82) is 0 Å². The monoisotopic (exact) mass is 350 g/mol. The average Bonchev–Trinajstić information content (AvgIpc) is 3.17. The van der Waals surface area contributed by atoms with E-state index in [4.69, 9.17) is 4.74 Å². The molecule has 1 aliphatic heterocycles. The van der Waals surface area contributed by atoms with Gasteiger partial charge in [0.25, 0.3) is 0 Å². The van der Waals surface area contributed by atoms with Gasteiger partial charge < -0.3 is 24.8 Å². The van der Waals surface area contributed by atoms with Crippen LogP contribution in [0.4, 0.5) is 4.79 Å². The van der Waals surface area contributed by atoms with Gasteiger partial charge in [0, 0.05) is 45.6 Å². The van der Waals surface area contributed by atoms with Gasteiger partial charge in [0.2, 0.25) is 0 Å². The Balaban J connectivity index is 1.70. The van der Waals surface area contributed by atoms with Crippen LogP contribution in [0.1, 0.15) is 33.6 Å². The fraction of sp³-hybridized carbons (Fsp3) is 0.706. The number of nitrogens with zero attached hydrogens (tertiary/aromatic N) is 4. The van der Waals surface area contributed by atoms with E-state index in [-0.39, 0.29) is 12.1 Å². The summed E-state index contributed by atoms with van der Waals surface area (Å²) in [6.07, 6.45) is 7.08. The van der Waals surface area contributed by atoms with Crippen molar-refractivity contribution in [2.24, 2.45) is 4.99 Å². The first-order chi connectivity index (χ1) is 11.9. The number of guanidine groups is 1. The van der Waals surface area contributed by atoms with E-state index in [1.807, 2.05) is 33.3 Å². The van der Waals surface area contributed by atoms with Crippen LogP contribution < -0.4 is 10.6 Å². The maximum Gasteiger partial charge on any atom is 0.407 e. The molecule has 8 heteroatoms. The average molecular weight is 350 g/mol. The van der Waals surface area contributed by atoms with E-state index in [9.17, 15) is 4.79 Å². The highest BCUT2D eigenvalue weighted by Gasteiger charge is 2.27. The third kappa shape index (κ3) is 6.64. The van der Waals surface area contributed by atoms with Gasteiger partial charge in [0.15, 0.2) is 5.96 Å². The molecule has 1 aromatic rings. The van der Waals surface area contributed by atoms with Gasteiger partial charge in [0.05, 0.1) is 12.4 Å². The zero-order valence-electron chi connectivity index (χ0n) is 15.7. The molecule has 0 radical (unpaired) electrons. The summed E-state index contributed by atoms with van der Waals surface area (Å²) in [5.74, 6) is 0.874. The number of carbonyl (C=O) groups is 1. The van der Waals surface area contributed by atoms with Gasteiger partial charge in [-0.05, 0) is 33.6 Å². The van der Waals surface area contributed by atoms with Gasteiger partial charge >= 0.3 is 6.09 Å². The lowest BCUT2D eigenvalue weighted by Gasteiger charge is -2.23. The van der Waals surface area contributed by atoms with E-state index in [1.165, 1.54) is 0 Å². The molecular weight excluding hydrogens is 320 g/mol. The fourth-order valence-corrected chi connectivity index (χ4v) is 2.76. The van der Waals surface area contributed by atoms with E-state index >= 15 is 0 Å². The number of ether oxygens (including phenoxy) is 1. The number of likely N-dealkylation sites (tertiary alicyclic amines) is 1. The summed E-state index contributed by atoms with van der Waals surface area (Å²) < 4.78 is 7.37. The maximum atomic E-state index is 11.9. The largest absolute Gasteiger partial charge is 0.444 e. The lowest BCUT2D eigenvalue weighted by molar-refractivity contribution is 0.0507. The Morgan fingerprint density at radius 2 is 2.24 bits per heavy atom. The van der Waals surface area contributed by atoms with Crippen molar-refractivity contribution in [2.75, 3.05) is 26.7 Å². The van der Waals surface area contributed by atoms with Crippen LogP contribution in [-0.4, -0.2) is 64.8 Å². The molecular formula is C17H30N6O2. The molecule has 0 bridgehead atoms. The maximum absolute atomic E-state index is 11.9. The summed E-state index contributed by atoms with van der Waals surface area (Å²) in [5.41, 5.74) is -0.477. The molecule has 1 aromatic heterocycles. The molecule has 2 rings (SSSR count). The van der Waals surface area contributed by atoms with Crippen molar-refractivity contribution >= 4 is 12.1 Å². The minimum atomic E-state index is -0.477. The van der Waals surface area contributed by atoms with Gasteiger partial charge in [-0.15, -0.1) is 0 Å². The summed E-state index contributed by atoms with van der Waals surface area (Å²) in [6.45, 7) is 8.95. The van der Waals surface area contributed by atoms with Crippen LogP contribution in [-0.2, 0) is 11.3 Å². The first-order valence-corrected chi connectivity index (χ1v) is 8.78. The Hall–Kier alpha value is -2.25. The quantitative estimate of drug-likeness (QED) is 0.477. The smallest absolute Gasteiger partial charge is 0.407 e.